The number of thiophene rings is 1. The molecule has 1 N–H and O–H groups in total. The van der Waals surface area contributed by atoms with Gasteiger partial charge in [0.1, 0.15) is 0 Å². The Bertz CT molecular complexity index is 730. The number of hydrogen-bond donors (Lipinski definition) is 1. The number of carbonyl (C=O) groups excluding carboxylic acids is 1. The van der Waals surface area contributed by atoms with Gasteiger partial charge in [-0.25, -0.2) is 0 Å². The van der Waals surface area contributed by atoms with Crippen LogP contribution in [0.1, 0.15) is 38.2 Å². The number of nitrogens with zero attached hydrogens (tertiary/aromatic N) is 2. The summed E-state index contributed by atoms with van der Waals surface area (Å²) < 4.78 is 0. The molecule has 1 aromatic heterocycles. The summed E-state index contributed by atoms with van der Waals surface area (Å²) in [6.45, 7) is 10.3. The maximum Gasteiger partial charge on any atom is 0.261 e. The molecule has 0 aliphatic carbocycles. The van der Waals surface area contributed by atoms with Gasteiger partial charge in [-0.15, -0.1) is 11.3 Å². The molecule has 1 fully saturated rings. The van der Waals surface area contributed by atoms with Gasteiger partial charge in [0.25, 0.3) is 5.91 Å². The van der Waals surface area contributed by atoms with E-state index < -0.39 is 0 Å². The highest BCUT2D eigenvalue weighted by atomic mass is 32.1. The number of carbonyl (C=O) groups is 1. The Kier molecular flexibility index (Phi) is 6.46. The van der Waals surface area contributed by atoms with Crippen molar-refractivity contribution in [1.82, 2.24) is 15.1 Å². The standard InChI is InChI=1S/C21H29N3OS/c1-4-19-16(2)13-20(26-19)21(25)22-14-17-5-7-18(8-6-17)15-24-11-9-23(3)10-12-24/h5-8,13H,4,9-12,14-15H2,1-3H3,(H,22,25). The lowest BCUT2D eigenvalue weighted by atomic mass is 10.1. The molecule has 0 spiro atoms. The van der Waals surface area contributed by atoms with Crippen molar-refractivity contribution in [1.29, 1.82) is 0 Å². The molecule has 1 aromatic carbocycles. The minimum atomic E-state index is 0.0271. The number of hydrogen-bond acceptors (Lipinski definition) is 4. The summed E-state index contributed by atoms with van der Waals surface area (Å²) in [5.41, 5.74) is 3.70. The largest absolute Gasteiger partial charge is 0.347 e. The Hall–Kier alpha value is -1.69. The van der Waals surface area contributed by atoms with Crippen molar-refractivity contribution < 1.29 is 4.79 Å². The van der Waals surface area contributed by atoms with Gasteiger partial charge < -0.3 is 10.2 Å². The zero-order valence-corrected chi connectivity index (χ0v) is 16.9. The van der Waals surface area contributed by atoms with E-state index in [1.807, 2.05) is 6.07 Å². The third-order valence-electron chi connectivity index (χ3n) is 5.04. The van der Waals surface area contributed by atoms with Crippen molar-refractivity contribution in [2.45, 2.75) is 33.4 Å². The van der Waals surface area contributed by atoms with Gasteiger partial charge in [-0.1, -0.05) is 31.2 Å². The van der Waals surface area contributed by atoms with Gasteiger partial charge in [-0.3, -0.25) is 9.69 Å². The smallest absolute Gasteiger partial charge is 0.261 e. The van der Waals surface area contributed by atoms with Crippen molar-refractivity contribution in [2.24, 2.45) is 0 Å². The topological polar surface area (TPSA) is 35.6 Å². The number of amides is 1. The van der Waals surface area contributed by atoms with Crippen molar-refractivity contribution in [3.05, 3.63) is 56.8 Å². The quantitative estimate of drug-likeness (QED) is 0.846. The molecule has 1 saturated heterocycles. The molecule has 0 bridgehead atoms. The Morgan fingerprint density at radius 2 is 1.77 bits per heavy atom. The summed E-state index contributed by atoms with van der Waals surface area (Å²) >= 11 is 1.60. The van der Waals surface area contributed by atoms with E-state index in [1.165, 1.54) is 16.0 Å². The average molecular weight is 372 g/mol. The first-order valence-electron chi connectivity index (χ1n) is 9.41. The van der Waals surface area contributed by atoms with E-state index >= 15 is 0 Å². The highest BCUT2D eigenvalue weighted by Crippen LogP contribution is 2.22. The van der Waals surface area contributed by atoms with E-state index in [1.54, 1.807) is 11.3 Å². The number of likely N-dealkylation sites (N-methyl/N-ethyl adjacent to an activating group) is 1. The molecule has 5 heteroatoms. The monoisotopic (exact) mass is 371 g/mol. The fraction of sp³-hybridized carbons (Fsp3) is 0.476. The minimum absolute atomic E-state index is 0.0271. The predicted octanol–water partition coefficient (Wildman–Crippen LogP) is 3.30. The van der Waals surface area contributed by atoms with E-state index in [4.69, 9.17) is 0 Å². The normalized spacial score (nSPS) is 16.0. The van der Waals surface area contributed by atoms with Crippen molar-refractivity contribution in [3.8, 4) is 0 Å². The van der Waals surface area contributed by atoms with Crippen molar-refractivity contribution in [3.63, 3.8) is 0 Å². The molecule has 1 aliphatic heterocycles. The molecule has 3 rings (SSSR count). The summed E-state index contributed by atoms with van der Waals surface area (Å²) in [7, 11) is 2.18. The van der Waals surface area contributed by atoms with Gasteiger partial charge in [-0.2, -0.15) is 0 Å². The molecular formula is C21H29N3OS. The molecule has 140 valence electrons. The van der Waals surface area contributed by atoms with Crippen LogP contribution in [0.3, 0.4) is 0 Å². The van der Waals surface area contributed by atoms with Crippen LogP contribution in [-0.4, -0.2) is 48.9 Å². The van der Waals surface area contributed by atoms with Crippen LogP contribution < -0.4 is 5.32 Å². The lowest BCUT2D eigenvalue weighted by Crippen LogP contribution is -2.43. The number of nitrogens with one attached hydrogen (secondary N) is 1. The SMILES string of the molecule is CCc1sc(C(=O)NCc2ccc(CN3CCN(C)CC3)cc2)cc1C. The first kappa shape index (κ1) is 19.1. The Balaban J connectivity index is 1.50. The van der Waals surface area contributed by atoms with Gasteiger partial charge in [-0.05, 0) is 43.1 Å². The number of aryl methyl sites for hydroxylation is 2. The molecule has 0 unspecified atom stereocenters. The Labute approximate surface area is 160 Å². The van der Waals surface area contributed by atoms with E-state index in [0.29, 0.717) is 6.54 Å². The van der Waals surface area contributed by atoms with Crippen LogP contribution in [-0.2, 0) is 19.5 Å². The minimum Gasteiger partial charge on any atom is -0.347 e. The second kappa shape index (κ2) is 8.80. The molecule has 0 radical (unpaired) electrons. The maximum absolute atomic E-state index is 12.3. The summed E-state index contributed by atoms with van der Waals surface area (Å²) in [6, 6.07) is 10.6. The lowest BCUT2D eigenvalue weighted by Gasteiger charge is -2.32. The molecule has 1 amide bonds. The van der Waals surface area contributed by atoms with Crippen LogP contribution in [0.5, 0.6) is 0 Å². The second-order valence-corrected chi connectivity index (χ2v) is 8.29. The first-order chi connectivity index (χ1) is 12.5. The van der Waals surface area contributed by atoms with Crippen LogP contribution >= 0.6 is 11.3 Å². The first-order valence-corrected chi connectivity index (χ1v) is 10.2. The van der Waals surface area contributed by atoms with Crippen molar-refractivity contribution in [2.75, 3.05) is 33.2 Å². The summed E-state index contributed by atoms with van der Waals surface area (Å²) in [5.74, 6) is 0.0271. The molecule has 2 aromatic rings. The fourth-order valence-corrected chi connectivity index (χ4v) is 4.31. The van der Waals surface area contributed by atoms with Crippen molar-refractivity contribution >= 4 is 17.2 Å². The molecule has 0 atom stereocenters. The van der Waals surface area contributed by atoms with Gasteiger partial charge in [0.2, 0.25) is 0 Å². The third-order valence-corrected chi connectivity index (χ3v) is 6.42. The fourth-order valence-electron chi connectivity index (χ4n) is 3.28. The predicted molar refractivity (Wildman–Crippen MR) is 109 cm³/mol. The molecule has 26 heavy (non-hydrogen) atoms. The summed E-state index contributed by atoms with van der Waals surface area (Å²) in [5, 5.41) is 3.04. The number of benzene rings is 1. The lowest BCUT2D eigenvalue weighted by molar-refractivity contribution is 0.0955. The molecular weight excluding hydrogens is 342 g/mol. The molecule has 0 saturated carbocycles. The van der Waals surface area contributed by atoms with E-state index in [0.717, 1.165) is 49.6 Å². The van der Waals surface area contributed by atoms with Gasteiger partial charge in [0, 0.05) is 44.1 Å². The zero-order valence-electron chi connectivity index (χ0n) is 16.0. The summed E-state index contributed by atoms with van der Waals surface area (Å²) in [6.07, 6.45) is 0.985. The third kappa shape index (κ3) is 4.93. The molecule has 2 heterocycles. The van der Waals surface area contributed by atoms with Gasteiger partial charge >= 0.3 is 0 Å². The molecule has 1 aliphatic rings. The average Bonchev–Trinajstić information content (AvgIpc) is 3.04. The van der Waals surface area contributed by atoms with Crippen LogP contribution in [0.25, 0.3) is 0 Å². The van der Waals surface area contributed by atoms with E-state index in [2.05, 4.69) is 60.3 Å². The van der Waals surface area contributed by atoms with Crippen LogP contribution in [0.2, 0.25) is 0 Å². The van der Waals surface area contributed by atoms with Gasteiger partial charge in [0.05, 0.1) is 4.88 Å². The Morgan fingerprint density at radius 1 is 1.12 bits per heavy atom. The zero-order chi connectivity index (χ0) is 18.5. The van der Waals surface area contributed by atoms with E-state index in [9.17, 15) is 4.79 Å². The van der Waals surface area contributed by atoms with Crippen LogP contribution in [0.4, 0.5) is 0 Å². The summed E-state index contributed by atoms with van der Waals surface area (Å²) in [4.78, 5) is 19.3. The number of piperazine rings is 1. The van der Waals surface area contributed by atoms with E-state index in [-0.39, 0.29) is 5.91 Å². The highest BCUT2D eigenvalue weighted by molar-refractivity contribution is 7.14. The second-order valence-electron chi connectivity index (χ2n) is 7.15. The Morgan fingerprint density at radius 3 is 2.38 bits per heavy atom. The molecule has 4 nitrogen and oxygen atoms in total. The van der Waals surface area contributed by atoms with Crippen LogP contribution in [0, 0.1) is 6.92 Å². The van der Waals surface area contributed by atoms with Crippen LogP contribution in [0.15, 0.2) is 30.3 Å². The maximum atomic E-state index is 12.3. The van der Waals surface area contributed by atoms with Gasteiger partial charge in [0.15, 0.2) is 0 Å². The number of rotatable bonds is 6. The highest BCUT2D eigenvalue weighted by Gasteiger charge is 2.14.